The number of hydrogen-bond acceptors (Lipinski definition) is 3. The molecule has 4 nitrogen and oxygen atoms in total. The van der Waals surface area contributed by atoms with Crippen molar-refractivity contribution in [3.05, 3.63) is 47.0 Å². The fourth-order valence-electron chi connectivity index (χ4n) is 2.08. The molecular formula is C15H15N3O. The van der Waals surface area contributed by atoms with Crippen LogP contribution in [-0.4, -0.2) is 20.1 Å². The summed E-state index contributed by atoms with van der Waals surface area (Å²) in [5, 5.41) is 19.0. The monoisotopic (exact) mass is 253 g/mol. The summed E-state index contributed by atoms with van der Waals surface area (Å²) in [7, 11) is 0. The van der Waals surface area contributed by atoms with Gasteiger partial charge in [-0.25, -0.2) is 0 Å². The van der Waals surface area contributed by atoms with Crippen molar-refractivity contribution in [2.45, 2.75) is 20.8 Å². The van der Waals surface area contributed by atoms with Crippen molar-refractivity contribution in [3.8, 4) is 11.4 Å². The SMILES string of the molecule is Cc1ccc2nn(-c3ccc(C)c(C)c3O)nc2c1. The highest BCUT2D eigenvalue weighted by Gasteiger charge is 2.11. The molecule has 19 heavy (non-hydrogen) atoms. The van der Waals surface area contributed by atoms with Gasteiger partial charge >= 0.3 is 0 Å². The summed E-state index contributed by atoms with van der Waals surface area (Å²) < 4.78 is 0. The Morgan fingerprint density at radius 3 is 2.47 bits per heavy atom. The second-order valence-corrected chi connectivity index (χ2v) is 4.86. The average molecular weight is 253 g/mol. The van der Waals surface area contributed by atoms with Gasteiger partial charge < -0.3 is 5.11 Å². The zero-order chi connectivity index (χ0) is 13.6. The van der Waals surface area contributed by atoms with Crippen molar-refractivity contribution < 1.29 is 5.11 Å². The molecule has 0 atom stereocenters. The van der Waals surface area contributed by atoms with Crippen LogP contribution in [-0.2, 0) is 0 Å². The highest BCUT2D eigenvalue weighted by Crippen LogP contribution is 2.27. The summed E-state index contributed by atoms with van der Waals surface area (Å²) in [6.45, 7) is 5.88. The molecule has 0 aliphatic rings. The van der Waals surface area contributed by atoms with Crippen LogP contribution in [0.2, 0.25) is 0 Å². The van der Waals surface area contributed by atoms with E-state index in [1.807, 2.05) is 51.1 Å². The number of hydrogen-bond donors (Lipinski definition) is 1. The van der Waals surface area contributed by atoms with Crippen molar-refractivity contribution in [2.24, 2.45) is 0 Å². The summed E-state index contributed by atoms with van der Waals surface area (Å²) >= 11 is 0. The lowest BCUT2D eigenvalue weighted by atomic mass is 10.1. The number of benzene rings is 2. The molecule has 0 aliphatic heterocycles. The predicted octanol–water partition coefficient (Wildman–Crippen LogP) is 3.05. The fraction of sp³-hybridized carbons (Fsp3) is 0.200. The number of aryl methyl sites for hydroxylation is 2. The number of aromatic nitrogens is 3. The van der Waals surface area contributed by atoms with Gasteiger partial charge in [-0.2, -0.15) is 0 Å². The van der Waals surface area contributed by atoms with Gasteiger partial charge in [0.05, 0.1) is 0 Å². The average Bonchev–Trinajstić information content (AvgIpc) is 2.78. The first-order valence-electron chi connectivity index (χ1n) is 6.19. The molecule has 0 spiro atoms. The minimum atomic E-state index is 0.233. The summed E-state index contributed by atoms with van der Waals surface area (Å²) in [4.78, 5) is 1.49. The van der Waals surface area contributed by atoms with Crippen LogP contribution in [0.4, 0.5) is 0 Å². The number of phenols is 1. The molecule has 4 heteroatoms. The van der Waals surface area contributed by atoms with Crippen LogP contribution < -0.4 is 0 Å². The van der Waals surface area contributed by atoms with Gasteiger partial charge in [-0.3, -0.25) is 0 Å². The van der Waals surface area contributed by atoms with E-state index >= 15 is 0 Å². The third kappa shape index (κ3) is 1.85. The van der Waals surface area contributed by atoms with Crippen molar-refractivity contribution in [3.63, 3.8) is 0 Å². The number of phenolic OH excluding ortho intramolecular Hbond substituents is 1. The Hall–Kier alpha value is -2.36. The third-order valence-corrected chi connectivity index (χ3v) is 3.43. The van der Waals surface area contributed by atoms with Crippen LogP contribution in [0.15, 0.2) is 30.3 Å². The van der Waals surface area contributed by atoms with Crippen LogP contribution in [0.5, 0.6) is 5.75 Å². The van der Waals surface area contributed by atoms with Crippen LogP contribution in [0.3, 0.4) is 0 Å². The topological polar surface area (TPSA) is 50.9 Å². The van der Waals surface area contributed by atoms with E-state index in [4.69, 9.17) is 0 Å². The molecule has 0 amide bonds. The van der Waals surface area contributed by atoms with Gasteiger partial charge in [0, 0.05) is 0 Å². The van der Waals surface area contributed by atoms with Crippen molar-refractivity contribution in [1.82, 2.24) is 15.0 Å². The summed E-state index contributed by atoms with van der Waals surface area (Å²) in [6, 6.07) is 9.72. The minimum Gasteiger partial charge on any atom is -0.505 e. The Morgan fingerprint density at radius 1 is 0.947 bits per heavy atom. The minimum absolute atomic E-state index is 0.233. The number of fused-ring (bicyclic) bond motifs is 1. The van der Waals surface area contributed by atoms with E-state index in [9.17, 15) is 5.11 Å². The molecule has 0 bridgehead atoms. The molecule has 0 saturated heterocycles. The normalized spacial score (nSPS) is 11.1. The maximum absolute atomic E-state index is 10.2. The molecule has 2 aromatic carbocycles. The Bertz CT molecular complexity index is 774. The molecular weight excluding hydrogens is 238 g/mol. The molecule has 1 heterocycles. The molecule has 0 aliphatic carbocycles. The Balaban J connectivity index is 2.22. The van der Waals surface area contributed by atoms with Gasteiger partial charge in [-0.15, -0.1) is 15.0 Å². The number of rotatable bonds is 1. The number of aromatic hydroxyl groups is 1. The van der Waals surface area contributed by atoms with Gasteiger partial charge in [0.25, 0.3) is 0 Å². The van der Waals surface area contributed by atoms with Crippen LogP contribution in [0, 0.1) is 20.8 Å². The predicted molar refractivity (Wildman–Crippen MR) is 74.7 cm³/mol. The Labute approximate surface area is 111 Å². The Morgan fingerprint density at radius 2 is 1.68 bits per heavy atom. The van der Waals surface area contributed by atoms with Crippen LogP contribution in [0.1, 0.15) is 16.7 Å². The Kier molecular flexibility index (Phi) is 2.52. The maximum atomic E-state index is 10.2. The summed E-state index contributed by atoms with van der Waals surface area (Å²) in [6.07, 6.45) is 0. The van der Waals surface area contributed by atoms with Crippen LogP contribution in [0.25, 0.3) is 16.7 Å². The molecule has 3 aromatic rings. The molecule has 0 saturated carbocycles. The van der Waals surface area contributed by atoms with E-state index in [0.29, 0.717) is 5.69 Å². The summed E-state index contributed by atoms with van der Waals surface area (Å²) in [5.74, 6) is 0.233. The van der Waals surface area contributed by atoms with Crippen molar-refractivity contribution in [1.29, 1.82) is 0 Å². The zero-order valence-corrected chi connectivity index (χ0v) is 11.2. The maximum Gasteiger partial charge on any atom is 0.146 e. The van der Waals surface area contributed by atoms with E-state index < -0.39 is 0 Å². The molecule has 1 N–H and O–H groups in total. The molecule has 0 unspecified atom stereocenters. The van der Waals surface area contributed by atoms with Crippen molar-refractivity contribution in [2.75, 3.05) is 0 Å². The zero-order valence-electron chi connectivity index (χ0n) is 11.2. The second-order valence-electron chi connectivity index (χ2n) is 4.86. The lowest BCUT2D eigenvalue weighted by Gasteiger charge is -2.07. The third-order valence-electron chi connectivity index (χ3n) is 3.43. The molecule has 0 radical (unpaired) electrons. The first kappa shape index (κ1) is 11.7. The van der Waals surface area contributed by atoms with E-state index in [-0.39, 0.29) is 5.75 Å². The summed E-state index contributed by atoms with van der Waals surface area (Å²) in [5.41, 5.74) is 5.31. The first-order valence-corrected chi connectivity index (χ1v) is 6.19. The quantitative estimate of drug-likeness (QED) is 0.725. The van der Waals surface area contributed by atoms with Gasteiger partial charge in [0.2, 0.25) is 0 Å². The number of nitrogens with zero attached hydrogens (tertiary/aromatic N) is 3. The molecule has 3 rings (SSSR count). The van der Waals surface area contributed by atoms with E-state index in [0.717, 1.165) is 27.7 Å². The van der Waals surface area contributed by atoms with E-state index in [2.05, 4.69) is 10.2 Å². The van der Waals surface area contributed by atoms with Gasteiger partial charge in [-0.1, -0.05) is 12.1 Å². The van der Waals surface area contributed by atoms with Gasteiger partial charge in [-0.05, 0) is 55.7 Å². The lowest BCUT2D eigenvalue weighted by Crippen LogP contribution is -2.00. The highest BCUT2D eigenvalue weighted by atomic mass is 16.3. The van der Waals surface area contributed by atoms with E-state index in [1.54, 1.807) is 0 Å². The van der Waals surface area contributed by atoms with E-state index in [1.165, 1.54) is 4.80 Å². The first-order chi connectivity index (χ1) is 9.06. The van der Waals surface area contributed by atoms with Gasteiger partial charge in [0.1, 0.15) is 22.5 Å². The molecule has 0 fully saturated rings. The van der Waals surface area contributed by atoms with Crippen LogP contribution >= 0.6 is 0 Å². The fourth-order valence-corrected chi connectivity index (χ4v) is 2.08. The smallest absolute Gasteiger partial charge is 0.146 e. The van der Waals surface area contributed by atoms with Gasteiger partial charge in [0.15, 0.2) is 0 Å². The standard InChI is InChI=1S/C15H15N3O/c1-9-4-6-12-13(8-9)17-18(16-12)14-7-5-10(2)11(3)15(14)19/h4-8,19H,1-3H3. The largest absolute Gasteiger partial charge is 0.505 e. The lowest BCUT2D eigenvalue weighted by molar-refractivity contribution is 0.463. The second kappa shape index (κ2) is 4.09. The molecule has 96 valence electrons. The van der Waals surface area contributed by atoms with Crippen molar-refractivity contribution >= 4 is 11.0 Å². The highest BCUT2D eigenvalue weighted by molar-refractivity contribution is 5.74. The molecule has 1 aromatic heterocycles.